The zero-order valence-electron chi connectivity index (χ0n) is 9.74. The van der Waals surface area contributed by atoms with Crippen LogP contribution in [0.2, 0.25) is 0 Å². The van der Waals surface area contributed by atoms with E-state index < -0.39 is 0 Å². The van der Waals surface area contributed by atoms with Gasteiger partial charge >= 0.3 is 23.1 Å². The van der Waals surface area contributed by atoms with Gasteiger partial charge in [0.1, 0.15) is 0 Å². The Hall–Kier alpha value is -0.534. The molecule has 0 N–H and O–H groups in total. The minimum absolute atomic E-state index is 0. The van der Waals surface area contributed by atoms with Gasteiger partial charge in [-0.3, -0.25) is 0 Å². The Morgan fingerprint density at radius 1 is 0.867 bits per heavy atom. The zero-order valence-corrected chi connectivity index (χ0v) is 11.2. The predicted molar refractivity (Wildman–Crippen MR) is 68.6 cm³/mol. The van der Waals surface area contributed by atoms with Crippen molar-refractivity contribution in [2.45, 2.75) is 26.7 Å². The quantitative estimate of drug-likeness (QED) is 0.525. The molecule has 0 saturated carbocycles. The molecule has 2 aromatic rings. The molecule has 0 bridgehead atoms. The Morgan fingerprint density at radius 3 is 1.40 bits per heavy atom. The van der Waals surface area contributed by atoms with E-state index in [1.54, 1.807) is 0 Å². The van der Waals surface area contributed by atoms with Crippen LogP contribution in [0.15, 0.2) is 48.5 Å². The van der Waals surface area contributed by atoms with Gasteiger partial charge in [0.25, 0.3) is 0 Å². The zero-order chi connectivity index (χ0) is 10.2. The maximum Gasteiger partial charge on any atom is 2.00 e. The van der Waals surface area contributed by atoms with Crippen molar-refractivity contribution in [1.82, 2.24) is 0 Å². The molecule has 0 spiro atoms. The second-order valence-corrected chi connectivity index (χ2v) is 3.29. The molecule has 0 atom stereocenters. The van der Waals surface area contributed by atoms with Crippen molar-refractivity contribution in [3.63, 3.8) is 0 Å². The maximum atomic E-state index is 2.16. The summed E-state index contributed by atoms with van der Waals surface area (Å²) in [5.74, 6) is 0. The summed E-state index contributed by atoms with van der Waals surface area (Å²) < 4.78 is 0. The number of hydrogen-bond donors (Lipinski definition) is 0. The SMILES string of the molecule is CCc1cc[cH-]c1.CCc1cc[cH-]c1.[Mg+2]. The van der Waals surface area contributed by atoms with E-state index in [1.807, 2.05) is 0 Å². The average molecular weight is 211 g/mol. The minimum atomic E-state index is 0. The maximum absolute atomic E-state index is 2.16. The summed E-state index contributed by atoms with van der Waals surface area (Å²) >= 11 is 0. The second kappa shape index (κ2) is 8.75. The van der Waals surface area contributed by atoms with Gasteiger partial charge in [-0.1, -0.05) is 26.7 Å². The molecular weight excluding hydrogens is 192 g/mol. The Morgan fingerprint density at radius 2 is 1.27 bits per heavy atom. The molecule has 0 heterocycles. The van der Waals surface area contributed by atoms with E-state index in [1.165, 1.54) is 11.1 Å². The summed E-state index contributed by atoms with van der Waals surface area (Å²) in [5, 5.41) is 0. The third-order valence-corrected chi connectivity index (χ3v) is 2.28. The first-order valence-electron chi connectivity index (χ1n) is 5.28. The van der Waals surface area contributed by atoms with Crippen LogP contribution in [-0.4, -0.2) is 23.1 Å². The third-order valence-electron chi connectivity index (χ3n) is 2.28. The van der Waals surface area contributed by atoms with Crippen molar-refractivity contribution in [2.24, 2.45) is 0 Å². The van der Waals surface area contributed by atoms with Crippen molar-refractivity contribution < 1.29 is 0 Å². The van der Waals surface area contributed by atoms with Gasteiger partial charge < -0.3 is 0 Å². The summed E-state index contributed by atoms with van der Waals surface area (Å²) in [4.78, 5) is 0. The molecule has 0 aliphatic rings. The molecule has 0 nitrogen and oxygen atoms in total. The van der Waals surface area contributed by atoms with E-state index in [4.69, 9.17) is 0 Å². The fourth-order valence-electron chi connectivity index (χ4n) is 1.30. The van der Waals surface area contributed by atoms with Gasteiger partial charge in [0.05, 0.1) is 0 Å². The molecule has 2 aromatic carbocycles. The van der Waals surface area contributed by atoms with E-state index in [-0.39, 0.29) is 23.1 Å². The number of aryl methyl sites for hydroxylation is 2. The molecule has 0 aliphatic carbocycles. The van der Waals surface area contributed by atoms with Crippen molar-refractivity contribution in [3.8, 4) is 0 Å². The molecule has 0 radical (unpaired) electrons. The van der Waals surface area contributed by atoms with Gasteiger partial charge in [0, 0.05) is 0 Å². The van der Waals surface area contributed by atoms with Crippen LogP contribution in [0, 0.1) is 0 Å². The monoisotopic (exact) mass is 210 g/mol. The van der Waals surface area contributed by atoms with Crippen LogP contribution in [0.3, 0.4) is 0 Å². The standard InChI is InChI=1S/2C7H9.Mg/c2*1-2-7-5-3-4-6-7;/h2*3-6H,2H2,1H3;/q2*-1;+2. The average Bonchev–Trinajstić information content (AvgIpc) is 2.92. The molecule has 2 rings (SSSR count). The normalized spacial score (nSPS) is 8.67. The first-order chi connectivity index (χ1) is 6.86. The van der Waals surface area contributed by atoms with Crippen LogP contribution in [0.4, 0.5) is 0 Å². The van der Waals surface area contributed by atoms with Crippen LogP contribution in [-0.2, 0) is 12.8 Å². The van der Waals surface area contributed by atoms with Crippen LogP contribution in [0.5, 0.6) is 0 Å². The topological polar surface area (TPSA) is 0 Å². The molecule has 0 amide bonds. The van der Waals surface area contributed by atoms with Crippen molar-refractivity contribution >= 4 is 23.1 Å². The van der Waals surface area contributed by atoms with Gasteiger partial charge in [0.2, 0.25) is 0 Å². The van der Waals surface area contributed by atoms with Gasteiger partial charge in [-0.2, -0.15) is 47.5 Å². The summed E-state index contributed by atoms with van der Waals surface area (Å²) in [6.45, 7) is 4.32. The van der Waals surface area contributed by atoms with E-state index in [0.29, 0.717) is 0 Å². The molecule has 15 heavy (non-hydrogen) atoms. The third kappa shape index (κ3) is 5.80. The van der Waals surface area contributed by atoms with Crippen molar-refractivity contribution in [3.05, 3.63) is 59.7 Å². The van der Waals surface area contributed by atoms with E-state index >= 15 is 0 Å². The molecule has 1 heteroatoms. The molecule has 0 aromatic heterocycles. The molecule has 0 aliphatic heterocycles. The smallest absolute Gasteiger partial charge is 0.211 e. The Kier molecular flexibility index (Phi) is 8.44. The van der Waals surface area contributed by atoms with Gasteiger partial charge in [-0.05, 0) is 0 Å². The Balaban J connectivity index is 0.000000245. The number of hydrogen-bond acceptors (Lipinski definition) is 0. The predicted octanol–water partition coefficient (Wildman–Crippen LogP) is 3.56. The summed E-state index contributed by atoms with van der Waals surface area (Å²) in [5.41, 5.74) is 2.86. The van der Waals surface area contributed by atoms with Crippen LogP contribution >= 0.6 is 0 Å². The fourth-order valence-corrected chi connectivity index (χ4v) is 1.30. The summed E-state index contributed by atoms with van der Waals surface area (Å²) in [7, 11) is 0. The Labute approximate surface area is 109 Å². The van der Waals surface area contributed by atoms with E-state index in [9.17, 15) is 0 Å². The van der Waals surface area contributed by atoms with E-state index in [0.717, 1.165) is 12.8 Å². The van der Waals surface area contributed by atoms with E-state index in [2.05, 4.69) is 62.4 Å². The second-order valence-electron chi connectivity index (χ2n) is 3.29. The summed E-state index contributed by atoms with van der Waals surface area (Å²) in [6, 6.07) is 16.8. The minimum Gasteiger partial charge on any atom is -0.211 e. The van der Waals surface area contributed by atoms with Gasteiger partial charge in [-0.25, -0.2) is 12.1 Å². The van der Waals surface area contributed by atoms with Gasteiger partial charge in [-0.15, -0.1) is 0 Å². The van der Waals surface area contributed by atoms with Crippen molar-refractivity contribution in [2.75, 3.05) is 0 Å². The first-order valence-corrected chi connectivity index (χ1v) is 5.28. The largest absolute Gasteiger partial charge is 2.00 e. The number of rotatable bonds is 2. The van der Waals surface area contributed by atoms with Crippen LogP contribution in [0.25, 0.3) is 0 Å². The van der Waals surface area contributed by atoms with Crippen LogP contribution < -0.4 is 0 Å². The molecule has 76 valence electrons. The van der Waals surface area contributed by atoms with Gasteiger partial charge in [0.15, 0.2) is 0 Å². The molecular formula is C14H18Mg. The van der Waals surface area contributed by atoms with Crippen molar-refractivity contribution in [1.29, 1.82) is 0 Å². The molecule has 0 unspecified atom stereocenters. The van der Waals surface area contributed by atoms with Crippen LogP contribution in [0.1, 0.15) is 25.0 Å². The summed E-state index contributed by atoms with van der Waals surface area (Å²) in [6.07, 6.45) is 2.32. The Bertz CT molecular complexity index is 269. The first kappa shape index (κ1) is 14.5. The fraction of sp³-hybridized carbons (Fsp3) is 0.286. The molecule has 0 saturated heterocycles. The molecule has 0 fully saturated rings.